The van der Waals surface area contributed by atoms with E-state index in [-0.39, 0.29) is 11.2 Å². The second kappa shape index (κ2) is 7.35. The van der Waals surface area contributed by atoms with Gasteiger partial charge < -0.3 is 14.3 Å². The summed E-state index contributed by atoms with van der Waals surface area (Å²) in [7, 11) is 1.64. The molecule has 8 heteroatoms. The van der Waals surface area contributed by atoms with Crippen LogP contribution in [0.4, 0.5) is 5.69 Å². The van der Waals surface area contributed by atoms with Gasteiger partial charge in [-0.25, -0.2) is 0 Å². The van der Waals surface area contributed by atoms with Crippen molar-refractivity contribution in [1.29, 1.82) is 0 Å². The highest BCUT2D eigenvalue weighted by molar-refractivity contribution is 6.30. The molecule has 0 aliphatic carbocycles. The smallest absolute Gasteiger partial charge is 0.274 e. The highest BCUT2D eigenvalue weighted by atomic mass is 35.5. The Labute approximate surface area is 176 Å². The molecule has 2 aromatic heterocycles. The van der Waals surface area contributed by atoms with Crippen LogP contribution in [0.25, 0.3) is 22.0 Å². The Morgan fingerprint density at radius 1 is 1.07 bits per heavy atom. The van der Waals surface area contributed by atoms with Gasteiger partial charge in [-0.2, -0.15) is 0 Å². The molecule has 30 heavy (non-hydrogen) atoms. The van der Waals surface area contributed by atoms with Gasteiger partial charge >= 0.3 is 0 Å². The number of aryl methyl sites for hydroxylation is 3. The fraction of sp³-hybridized carbons (Fsp3) is 0.136. The maximum atomic E-state index is 12.4. The molecule has 0 radical (unpaired) electrons. The van der Waals surface area contributed by atoms with Crippen LogP contribution in [0.2, 0.25) is 5.02 Å². The lowest BCUT2D eigenvalue weighted by Gasteiger charge is -2.16. The summed E-state index contributed by atoms with van der Waals surface area (Å²) in [5.41, 5.74) is 2.68. The molecule has 0 atom stereocenters. The second-order valence-corrected chi connectivity index (χ2v) is 7.57. The first kappa shape index (κ1) is 19.7. The Morgan fingerprint density at radius 3 is 2.53 bits per heavy atom. The topological polar surface area (TPSA) is 90.2 Å². The third kappa shape index (κ3) is 3.33. The first-order valence-corrected chi connectivity index (χ1v) is 9.54. The molecule has 2 aromatic carbocycles. The quantitative estimate of drug-likeness (QED) is 0.346. The van der Waals surface area contributed by atoms with E-state index in [4.69, 9.17) is 16.3 Å². The van der Waals surface area contributed by atoms with Gasteiger partial charge in [0.1, 0.15) is 17.0 Å². The fourth-order valence-electron chi connectivity index (χ4n) is 3.49. The number of ether oxygens (including phenoxy) is 1. The average Bonchev–Trinajstić information content (AvgIpc) is 3.17. The van der Waals surface area contributed by atoms with Crippen molar-refractivity contribution in [1.82, 2.24) is 9.55 Å². The Kier molecular flexibility index (Phi) is 4.83. The van der Waals surface area contributed by atoms with Crippen LogP contribution in [-0.4, -0.2) is 14.5 Å². The number of pyridine rings is 1. The lowest BCUT2D eigenvalue weighted by atomic mass is 10.00. The lowest BCUT2D eigenvalue weighted by molar-refractivity contribution is -0.385. The van der Waals surface area contributed by atoms with Crippen LogP contribution >= 0.6 is 11.6 Å². The number of benzene rings is 2. The number of hydrogen-bond donors (Lipinski definition) is 1. The molecule has 0 spiro atoms. The highest BCUT2D eigenvalue weighted by Crippen LogP contribution is 2.41. The van der Waals surface area contributed by atoms with E-state index in [0.29, 0.717) is 44.1 Å². The molecule has 1 N–H and O–H groups in total. The highest BCUT2D eigenvalue weighted by Gasteiger charge is 2.21. The third-order valence-electron chi connectivity index (χ3n) is 5.04. The number of rotatable bonds is 4. The Hall–Kier alpha value is -3.58. The van der Waals surface area contributed by atoms with Crippen LogP contribution in [0.1, 0.15) is 11.1 Å². The molecule has 0 bridgehead atoms. The number of nitrogens with one attached hydrogen (secondary N) is 1. The van der Waals surface area contributed by atoms with Gasteiger partial charge in [0.15, 0.2) is 0 Å². The summed E-state index contributed by atoms with van der Waals surface area (Å²) < 4.78 is 7.62. The minimum atomic E-state index is -0.424. The number of aromatic nitrogens is 2. The normalized spacial score (nSPS) is 11.1. The largest absolute Gasteiger partial charge is 0.456 e. The first-order valence-electron chi connectivity index (χ1n) is 9.16. The van der Waals surface area contributed by atoms with E-state index < -0.39 is 4.92 Å². The molecule has 0 amide bonds. The zero-order valence-electron chi connectivity index (χ0n) is 16.5. The predicted octanol–water partition coefficient (Wildman–Crippen LogP) is 5.50. The molecule has 0 unspecified atom stereocenters. The van der Waals surface area contributed by atoms with Crippen LogP contribution in [0.15, 0.2) is 53.6 Å². The molecule has 0 aliphatic heterocycles. The molecule has 0 saturated heterocycles. The summed E-state index contributed by atoms with van der Waals surface area (Å²) in [6, 6.07) is 10.2. The minimum absolute atomic E-state index is 0.0253. The van der Waals surface area contributed by atoms with Crippen LogP contribution < -0.4 is 10.3 Å². The summed E-state index contributed by atoms with van der Waals surface area (Å²) in [6.07, 6.45) is 3.33. The van der Waals surface area contributed by atoms with Gasteiger partial charge in [0.2, 0.25) is 0 Å². The van der Waals surface area contributed by atoms with E-state index in [0.717, 1.165) is 5.56 Å². The number of H-pyrrole nitrogens is 1. The van der Waals surface area contributed by atoms with E-state index in [1.165, 1.54) is 10.6 Å². The molecule has 4 aromatic rings. The number of nitro groups is 1. The number of nitro benzene ring substituents is 1. The summed E-state index contributed by atoms with van der Waals surface area (Å²) in [5, 5.41) is 12.8. The zero-order chi connectivity index (χ0) is 21.6. The van der Waals surface area contributed by atoms with Crippen molar-refractivity contribution in [2.24, 2.45) is 7.05 Å². The number of nitrogens with zero attached hydrogens (tertiary/aromatic N) is 2. The van der Waals surface area contributed by atoms with Crippen molar-refractivity contribution in [2.75, 3.05) is 0 Å². The summed E-state index contributed by atoms with van der Waals surface area (Å²) in [6.45, 7) is 3.53. The fourth-order valence-corrected chi connectivity index (χ4v) is 3.72. The minimum Gasteiger partial charge on any atom is -0.456 e. The van der Waals surface area contributed by atoms with Crippen molar-refractivity contribution in [3.05, 3.63) is 85.4 Å². The maximum Gasteiger partial charge on any atom is 0.274 e. The first-order chi connectivity index (χ1) is 14.3. The third-order valence-corrected chi connectivity index (χ3v) is 5.27. The molecule has 4 rings (SSSR count). The van der Waals surface area contributed by atoms with E-state index in [1.807, 2.05) is 6.92 Å². The van der Waals surface area contributed by atoms with Crippen molar-refractivity contribution >= 4 is 28.2 Å². The van der Waals surface area contributed by atoms with Gasteiger partial charge in [-0.3, -0.25) is 14.9 Å². The zero-order valence-corrected chi connectivity index (χ0v) is 17.3. The Bertz CT molecular complexity index is 1370. The molecule has 0 saturated carbocycles. The lowest BCUT2D eigenvalue weighted by Crippen LogP contribution is -2.16. The molecule has 7 nitrogen and oxygen atoms in total. The maximum absolute atomic E-state index is 12.4. The van der Waals surface area contributed by atoms with Crippen LogP contribution in [0.3, 0.4) is 0 Å². The van der Waals surface area contributed by atoms with E-state index in [2.05, 4.69) is 4.98 Å². The number of fused-ring (bicyclic) bond motifs is 1. The van der Waals surface area contributed by atoms with Gasteiger partial charge in [0, 0.05) is 52.6 Å². The van der Waals surface area contributed by atoms with Gasteiger partial charge in [-0.15, -0.1) is 0 Å². The van der Waals surface area contributed by atoms with Crippen molar-refractivity contribution in [2.45, 2.75) is 13.8 Å². The number of halogens is 1. The van der Waals surface area contributed by atoms with Gasteiger partial charge in [0.25, 0.3) is 11.2 Å². The van der Waals surface area contributed by atoms with Gasteiger partial charge in [0.05, 0.1) is 4.92 Å². The predicted molar refractivity (Wildman–Crippen MR) is 117 cm³/mol. The standard InChI is InChI=1S/C22H18ClN3O4/c1-12-9-20(30-19-5-4-14(23)8-13(19)2)16(10-18(12)26(28)29)17-11-25(3)22(27)21-15(17)6-7-24-21/h4-11,24H,1-3H3. The molecular formula is C22H18ClN3O4. The van der Waals surface area contributed by atoms with Crippen LogP contribution in [0.5, 0.6) is 11.5 Å². The molecule has 152 valence electrons. The number of hydrogen-bond acceptors (Lipinski definition) is 4. The Balaban J connectivity index is 2.00. The monoisotopic (exact) mass is 423 g/mol. The molecule has 2 heterocycles. The van der Waals surface area contributed by atoms with Crippen molar-refractivity contribution < 1.29 is 9.66 Å². The summed E-state index contributed by atoms with van der Waals surface area (Å²) >= 11 is 6.05. The molecular weight excluding hydrogens is 406 g/mol. The van der Waals surface area contributed by atoms with Crippen molar-refractivity contribution in [3.63, 3.8) is 0 Å². The second-order valence-electron chi connectivity index (χ2n) is 7.13. The van der Waals surface area contributed by atoms with Crippen LogP contribution in [0, 0.1) is 24.0 Å². The molecule has 0 aliphatic rings. The van der Waals surface area contributed by atoms with Gasteiger partial charge in [-0.05, 0) is 49.7 Å². The van der Waals surface area contributed by atoms with Crippen molar-refractivity contribution in [3.8, 4) is 22.6 Å². The van der Waals surface area contributed by atoms with Gasteiger partial charge in [-0.1, -0.05) is 11.6 Å². The number of aromatic amines is 1. The van der Waals surface area contributed by atoms with E-state index >= 15 is 0 Å². The van der Waals surface area contributed by atoms with E-state index in [9.17, 15) is 14.9 Å². The Morgan fingerprint density at radius 2 is 1.83 bits per heavy atom. The summed E-state index contributed by atoms with van der Waals surface area (Å²) in [5.74, 6) is 1.04. The van der Waals surface area contributed by atoms with Crippen LogP contribution in [-0.2, 0) is 7.05 Å². The molecule has 0 fully saturated rings. The summed E-state index contributed by atoms with van der Waals surface area (Å²) in [4.78, 5) is 26.5. The van der Waals surface area contributed by atoms with E-state index in [1.54, 1.807) is 56.7 Å². The SMILES string of the molecule is Cc1cc(Cl)ccc1Oc1cc(C)c([N+](=O)[O-])cc1-c1cn(C)c(=O)c2[nH]ccc12. The average molecular weight is 424 g/mol.